The first-order valence-electron chi connectivity index (χ1n) is 15.3. The number of nitrogens with zero attached hydrogens (tertiary/aromatic N) is 2. The third kappa shape index (κ3) is 4.06. The van der Waals surface area contributed by atoms with E-state index in [0.717, 1.165) is 28.9 Å². The molecule has 1 spiro atoms. The fourth-order valence-corrected chi connectivity index (χ4v) is 7.64. The number of fused-ring (bicyclic) bond motifs is 5. The number of esters is 1. The number of allylic oxidation sites excluding steroid dienone is 2. The molecule has 244 valence electrons. The van der Waals surface area contributed by atoms with Gasteiger partial charge in [-0.1, -0.05) is 18.2 Å². The van der Waals surface area contributed by atoms with Crippen molar-refractivity contribution < 1.29 is 37.1 Å². The van der Waals surface area contributed by atoms with Crippen molar-refractivity contribution in [3.05, 3.63) is 106 Å². The van der Waals surface area contributed by atoms with Crippen LogP contribution in [-0.2, 0) is 16.3 Å². The van der Waals surface area contributed by atoms with Crippen LogP contribution in [-0.4, -0.2) is 62.1 Å². The lowest BCUT2D eigenvalue weighted by molar-refractivity contribution is -0.141. The van der Waals surface area contributed by atoms with Crippen molar-refractivity contribution in [1.29, 1.82) is 0 Å². The summed E-state index contributed by atoms with van der Waals surface area (Å²) in [7, 11) is 0.976. The van der Waals surface area contributed by atoms with Crippen LogP contribution >= 0.6 is 0 Å². The molecule has 1 saturated heterocycles. The molecule has 4 N–H and O–H groups in total. The summed E-state index contributed by atoms with van der Waals surface area (Å²) < 4.78 is 46.7. The van der Waals surface area contributed by atoms with Gasteiger partial charge in [0.2, 0.25) is 5.78 Å². The molecule has 49 heavy (non-hydrogen) atoms. The molecule has 2 aliphatic carbocycles. The van der Waals surface area contributed by atoms with Gasteiger partial charge >= 0.3 is 12.1 Å². The number of amides is 2. The van der Waals surface area contributed by atoms with Crippen molar-refractivity contribution >= 4 is 62.0 Å². The van der Waals surface area contributed by atoms with Crippen molar-refractivity contribution in [3.63, 3.8) is 0 Å². The summed E-state index contributed by atoms with van der Waals surface area (Å²) in [5.74, 6) is -3.18. The maximum absolute atomic E-state index is 14.0. The number of methoxy groups -OCH3 is 1. The second-order valence-electron chi connectivity index (χ2n) is 12.5. The van der Waals surface area contributed by atoms with E-state index in [0.29, 0.717) is 23.0 Å². The largest absolute Gasteiger partial charge is 0.465 e. The van der Waals surface area contributed by atoms with E-state index in [4.69, 9.17) is 4.74 Å². The molecule has 2 unspecified atom stereocenters. The summed E-state index contributed by atoms with van der Waals surface area (Å²) in [4.78, 5) is 67.1. The molecule has 9 rings (SSSR count). The summed E-state index contributed by atoms with van der Waals surface area (Å²) >= 11 is 0. The third-order valence-corrected chi connectivity index (χ3v) is 9.87. The molecule has 2 atom stereocenters. The summed E-state index contributed by atoms with van der Waals surface area (Å²) in [6.07, 6.45) is -1.77. The normalized spacial score (nSPS) is 19.5. The number of piperidine rings is 1. The van der Waals surface area contributed by atoms with Gasteiger partial charge in [-0.3, -0.25) is 14.4 Å². The van der Waals surface area contributed by atoms with Gasteiger partial charge in [0.1, 0.15) is 17.1 Å². The molecule has 14 heteroatoms. The number of ketones is 1. The number of H-pyrrole nitrogens is 3. The Bertz CT molecular complexity index is 2520. The average Bonchev–Trinajstić information content (AvgIpc) is 3.50. The number of halogens is 3. The van der Waals surface area contributed by atoms with Crippen LogP contribution in [0.4, 0.5) is 18.9 Å². The lowest BCUT2D eigenvalue weighted by Gasteiger charge is -2.28. The second-order valence-corrected chi connectivity index (χ2v) is 12.5. The maximum Gasteiger partial charge on any atom is 0.432 e. The number of hydrogen-bond acceptors (Lipinski definition) is 6. The number of likely N-dealkylation sites (tertiary alicyclic amines) is 1. The number of pyridine rings is 1. The Morgan fingerprint density at radius 1 is 1.00 bits per heavy atom. The molecule has 3 aliphatic rings. The minimum absolute atomic E-state index is 0.0650. The Morgan fingerprint density at radius 3 is 2.61 bits per heavy atom. The summed E-state index contributed by atoms with van der Waals surface area (Å²) in [5.41, 5.74) is -0.0830. The monoisotopic (exact) mass is 664 g/mol. The Hall–Kier alpha value is -6.18. The van der Waals surface area contributed by atoms with Gasteiger partial charge in [0, 0.05) is 62.2 Å². The van der Waals surface area contributed by atoms with Crippen LogP contribution in [0, 0.1) is 5.92 Å². The smallest absolute Gasteiger partial charge is 0.432 e. The van der Waals surface area contributed by atoms with E-state index in [9.17, 15) is 32.3 Å². The first-order chi connectivity index (χ1) is 23.5. The summed E-state index contributed by atoms with van der Waals surface area (Å²) in [6, 6.07) is 16.2. The number of carbonyl (C=O) groups is 4. The Kier molecular flexibility index (Phi) is 5.73. The predicted molar refractivity (Wildman–Crippen MR) is 170 cm³/mol. The number of para-hydroxylation sites is 1. The SMILES string of the molecule is COC(=O)c1c(C(F)(F)F)[nH]c2c1C13CC1CN(C(=O)c1cc4cc(NC(=O)c5cc6c(cn5)[nH]c5ccccc56)ccc4[nH]1)C3=CC2=O. The molecule has 2 fully saturated rings. The number of hydrogen-bond donors (Lipinski definition) is 4. The minimum atomic E-state index is -4.94. The second kappa shape index (κ2) is 9.69. The Morgan fingerprint density at radius 2 is 1.82 bits per heavy atom. The van der Waals surface area contributed by atoms with Crippen molar-refractivity contribution in [2.24, 2.45) is 5.92 Å². The first-order valence-corrected chi connectivity index (χ1v) is 15.3. The van der Waals surface area contributed by atoms with Gasteiger partial charge in [0.25, 0.3) is 11.8 Å². The molecule has 4 aromatic heterocycles. The van der Waals surface area contributed by atoms with E-state index in [1.807, 2.05) is 24.3 Å². The van der Waals surface area contributed by atoms with Gasteiger partial charge in [0.15, 0.2) is 0 Å². The van der Waals surface area contributed by atoms with Crippen LogP contribution in [0.15, 0.2) is 72.6 Å². The third-order valence-electron chi connectivity index (χ3n) is 9.87. The summed E-state index contributed by atoms with van der Waals surface area (Å²) in [5, 5.41) is 5.31. The number of ether oxygens (including phenoxy) is 1. The van der Waals surface area contributed by atoms with Crippen molar-refractivity contribution in [2.45, 2.75) is 18.0 Å². The van der Waals surface area contributed by atoms with Crippen molar-refractivity contribution in [2.75, 3.05) is 19.0 Å². The van der Waals surface area contributed by atoms with Gasteiger partial charge in [0.05, 0.1) is 30.1 Å². The van der Waals surface area contributed by atoms with E-state index in [2.05, 4.69) is 25.3 Å². The fraction of sp³-hybridized carbons (Fsp3) is 0.171. The molecule has 6 aromatic rings. The van der Waals surface area contributed by atoms with E-state index < -0.39 is 46.4 Å². The predicted octanol–water partition coefficient (Wildman–Crippen LogP) is 6.08. The number of aromatic nitrogens is 4. The molecule has 2 amide bonds. The maximum atomic E-state index is 14.0. The number of benzene rings is 2. The molecule has 1 aliphatic heterocycles. The molecule has 2 aromatic carbocycles. The minimum Gasteiger partial charge on any atom is -0.465 e. The number of carbonyl (C=O) groups excluding carboxylic acids is 4. The fourth-order valence-electron chi connectivity index (χ4n) is 7.64. The lowest BCUT2D eigenvalue weighted by Crippen LogP contribution is -2.34. The van der Waals surface area contributed by atoms with Crippen LogP contribution in [0.2, 0.25) is 0 Å². The molecule has 5 heterocycles. The van der Waals surface area contributed by atoms with Gasteiger partial charge in [-0.05, 0) is 48.7 Å². The molecule has 0 bridgehead atoms. The van der Waals surface area contributed by atoms with Crippen molar-refractivity contribution in [1.82, 2.24) is 24.8 Å². The van der Waals surface area contributed by atoms with Gasteiger partial charge < -0.3 is 29.9 Å². The number of aromatic amines is 3. The van der Waals surface area contributed by atoms with E-state index in [-0.39, 0.29) is 40.8 Å². The van der Waals surface area contributed by atoms with E-state index in [1.54, 1.807) is 36.5 Å². The molecule has 1 saturated carbocycles. The topological polar surface area (TPSA) is 153 Å². The molecular weight excluding hydrogens is 641 g/mol. The van der Waals surface area contributed by atoms with Crippen LogP contribution in [0.25, 0.3) is 32.7 Å². The molecular formula is C35H23F3N6O5. The zero-order valence-electron chi connectivity index (χ0n) is 25.4. The molecule has 11 nitrogen and oxygen atoms in total. The highest BCUT2D eigenvalue weighted by atomic mass is 19.4. The van der Waals surface area contributed by atoms with Crippen molar-refractivity contribution in [3.8, 4) is 0 Å². The summed E-state index contributed by atoms with van der Waals surface area (Å²) in [6.45, 7) is 0.148. The van der Waals surface area contributed by atoms with E-state index >= 15 is 0 Å². The zero-order chi connectivity index (χ0) is 34.0. The highest BCUT2D eigenvalue weighted by Gasteiger charge is 2.69. The zero-order valence-corrected chi connectivity index (χ0v) is 25.4. The standard InChI is InChI=1S/C35H23F3N6O5/c1-49-33(48)27-28-29(43-30(27)35(36,37)38)25(45)11-26-34(28)12-16(34)14-44(26)32(47)23-9-15-8-17(6-7-20(15)41-23)40-31(46)22-10-19-18-4-2-3-5-21(18)42-24(19)13-39-22/h2-11,13,16,41-43H,12,14H2,1H3,(H,40,46). The molecule has 0 radical (unpaired) electrons. The lowest BCUT2D eigenvalue weighted by atomic mass is 9.82. The van der Waals surface area contributed by atoms with Crippen LogP contribution in [0.5, 0.6) is 0 Å². The first kappa shape index (κ1) is 29.0. The highest BCUT2D eigenvalue weighted by molar-refractivity contribution is 6.13. The quantitative estimate of drug-likeness (QED) is 0.168. The Labute approximate surface area is 273 Å². The highest BCUT2D eigenvalue weighted by Crippen LogP contribution is 2.68. The average molecular weight is 665 g/mol. The Balaban J connectivity index is 1.00. The number of anilines is 1. The van der Waals surface area contributed by atoms with E-state index in [1.165, 1.54) is 11.0 Å². The van der Waals surface area contributed by atoms with Crippen LogP contribution < -0.4 is 5.32 Å². The van der Waals surface area contributed by atoms with Gasteiger partial charge in [-0.15, -0.1) is 0 Å². The van der Waals surface area contributed by atoms with Gasteiger partial charge in [-0.25, -0.2) is 9.78 Å². The number of alkyl halides is 3. The van der Waals surface area contributed by atoms with Gasteiger partial charge in [-0.2, -0.15) is 13.2 Å². The van der Waals surface area contributed by atoms with Crippen LogP contribution in [0.1, 0.15) is 59.5 Å². The van der Waals surface area contributed by atoms with Crippen LogP contribution in [0.3, 0.4) is 0 Å². The number of rotatable bonds is 4. The number of nitrogens with one attached hydrogen (secondary N) is 4.